The van der Waals surface area contributed by atoms with Crippen LogP contribution in [0.5, 0.6) is 0 Å². The van der Waals surface area contributed by atoms with Gasteiger partial charge in [0.1, 0.15) is 0 Å². The average molecular weight is 233 g/mol. The molecule has 0 saturated carbocycles. The molecule has 0 nitrogen and oxygen atoms in total. The molecule has 0 heterocycles. The van der Waals surface area contributed by atoms with Gasteiger partial charge in [-0.1, -0.05) is 24.3 Å². The molecule has 1 aliphatic rings. The van der Waals surface area contributed by atoms with Gasteiger partial charge in [-0.25, -0.2) is 0 Å². The van der Waals surface area contributed by atoms with E-state index in [1.807, 2.05) is 0 Å². The molecule has 8 heavy (non-hydrogen) atoms. The molecule has 0 saturated heterocycles. The van der Waals surface area contributed by atoms with Gasteiger partial charge in [-0.15, -0.1) is 0 Å². The predicted molar refractivity (Wildman–Crippen MR) is 34.6 cm³/mol. The molecule has 0 amide bonds. The molecule has 0 aromatic heterocycles. The van der Waals surface area contributed by atoms with E-state index in [1.165, 1.54) is 0 Å². The van der Waals surface area contributed by atoms with Crippen LogP contribution in [0.15, 0.2) is 24.3 Å². The Hall–Kier alpha value is 0.748. The third-order valence-electron chi connectivity index (χ3n) is 0.655. The zero-order valence-electron chi connectivity index (χ0n) is 4.18. The van der Waals surface area contributed by atoms with Crippen molar-refractivity contribution in [3.63, 3.8) is 0 Å². The summed E-state index contributed by atoms with van der Waals surface area (Å²) in [5.41, 5.74) is 0. The standard InChI is InChI=1S/C5H6.2ClH.Mo/c1-2-4-5-3-1;;;/h1-4H,5H2;2*1H;/q;;;+2/p-2. The molecule has 0 unspecified atom stereocenters. The molecule has 1 aliphatic carbocycles. The van der Waals surface area contributed by atoms with Gasteiger partial charge in [0.15, 0.2) is 0 Å². The van der Waals surface area contributed by atoms with Gasteiger partial charge >= 0.3 is 35.3 Å². The van der Waals surface area contributed by atoms with E-state index in [1.54, 1.807) is 0 Å². The molecule has 0 spiro atoms. The van der Waals surface area contributed by atoms with Crippen molar-refractivity contribution in [2.75, 3.05) is 0 Å². The molecule has 0 fully saturated rings. The number of rotatable bonds is 0. The fourth-order valence-corrected chi connectivity index (χ4v) is 0.393. The molecule has 0 aromatic carbocycles. The van der Waals surface area contributed by atoms with Crippen molar-refractivity contribution in [2.45, 2.75) is 6.42 Å². The zero-order chi connectivity index (χ0) is 6.24. The second-order valence-corrected chi connectivity index (χ2v) is 4.20. The van der Waals surface area contributed by atoms with Crippen LogP contribution in [-0.4, -0.2) is 0 Å². The van der Waals surface area contributed by atoms with Crippen LogP contribution in [0.3, 0.4) is 0 Å². The number of hydrogen-bond donors (Lipinski definition) is 0. The van der Waals surface area contributed by atoms with Gasteiger partial charge in [-0.3, -0.25) is 0 Å². The van der Waals surface area contributed by atoms with E-state index in [0.29, 0.717) is 0 Å². The SMILES string of the molecule is C1=CCC=C1.[Cl][Mo][Cl]. The van der Waals surface area contributed by atoms with Gasteiger partial charge in [0.05, 0.1) is 0 Å². The summed E-state index contributed by atoms with van der Waals surface area (Å²) in [6, 6.07) is 0. The third-order valence-corrected chi connectivity index (χ3v) is 0.655. The Morgan fingerprint density at radius 3 is 1.62 bits per heavy atom. The van der Waals surface area contributed by atoms with Gasteiger partial charge < -0.3 is 0 Å². The molecule has 0 bridgehead atoms. The van der Waals surface area contributed by atoms with Crippen LogP contribution < -0.4 is 0 Å². The third kappa shape index (κ3) is 6.75. The molecular formula is C5H6Cl2Mo. The number of halogens is 2. The summed E-state index contributed by atoms with van der Waals surface area (Å²) >= 11 is -0.586. The summed E-state index contributed by atoms with van der Waals surface area (Å²) in [4.78, 5) is 0. The Morgan fingerprint density at radius 1 is 1.12 bits per heavy atom. The van der Waals surface area contributed by atoms with Crippen LogP contribution in [-0.2, 0) is 16.5 Å². The van der Waals surface area contributed by atoms with Crippen LogP contribution in [0, 0.1) is 0 Å². The molecule has 3 heteroatoms. The van der Waals surface area contributed by atoms with Crippen LogP contribution >= 0.6 is 18.8 Å². The average Bonchev–Trinajstić information content (AvgIpc) is 2.17. The molecule has 0 radical (unpaired) electrons. The normalized spacial score (nSPS) is 13.2. The number of allylic oxidation sites excluding steroid dienone is 4. The monoisotopic (exact) mass is 234 g/mol. The Kier molecular flexibility index (Phi) is 8.47. The van der Waals surface area contributed by atoms with Crippen LogP contribution in [0.25, 0.3) is 0 Å². The Morgan fingerprint density at radius 2 is 1.50 bits per heavy atom. The van der Waals surface area contributed by atoms with Gasteiger partial charge in [-0.2, -0.15) is 0 Å². The van der Waals surface area contributed by atoms with E-state index < -0.39 is 16.5 Å². The molecular weight excluding hydrogens is 227 g/mol. The first kappa shape index (κ1) is 8.75. The van der Waals surface area contributed by atoms with Crippen LogP contribution in [0.2, 0.25) is 0 Å². The first-order valence-electron chi connectivity index (χ1n) is 2.13. The molecule has 0 aromatic rings. The van der Waals surface area contributed by atoms with E-state index in [0.717, 1.165) is 6.42 Å². The summed E-state index contributed by atoms with van der Waals surface area (Å²) in [6.45, 7) is 0. The quantitative estimate of drug-likeness (QED) is 0.564. The second-order valence-electron chi connectivity index (χ2n) is 1.15. The van der Waals surface area contributed by atoms with Gasteiger partial charge in [0.25, 0.3) is 0 Å². The first-order valence-corrected chi connectivity index (χ1v) is 7.29. The summed E-state index contributed by atoms with van der Waals surface area (Å²) < 4.78 is 0. The van der Waals surface area contributed by atoms with Gasteiger partial charge in [0.2, 0.25) is 0 Å². The van der Waals surface area contributed by atoms with E-state index >= 15 is 0 Å². The summed E-state index contributed by atoms with van der Waals surface area (Å²) in [5.74, 6) is 0. The Bertz CT molecular complexity index is 78.4. The van der Waals surface area contributed by atoms with Crippen LogP contribution in [0.1, 0.15) is 6.42 Å². The topological polar surface area (TPSA) is 0 Å². The summed E-state index contributed by atoms with van der Waals surface area (Å²) in [7, 11) is 9.79. The van der Waals surface area contributed by atoms with E-state index in [-0.39, 0.29) is 0 Å². The van der Waals surface area contributed by atoms with Crippen molar-refractivity contribution >= 4 is 18.8 Å². The Labute approximate surface area is 65.9 Å². The molecule has 0 N–H and O–H groups in total. The maximum absolute atomic E-state index is 4.89. The summed E-state index contributed by atoms with van der Waals surface area (Å²) in [5, 5.41) is 0. The van der Waals surface area contributed by atoms with Crippen LogP contribution in [0.4, 0.5) is 0 Å². The van der Waals surface area contributed by atoms with Gasteiger partial charge in [0, 0.05) is 0 Å². The zero-order valence-corrected chi connectivity index (χ0v) is 7.70. The maximum atomic E-state index is 4.89. The molecule has 0 aliphatic heterocycles. The molecule has 46 valence electrons. The number of hydrogen-bond acceptors (Lipinski definition) is 0. The summed E-state index contributed by atoms with van der Waals surface area (Å²) in [6.07, 6.45) is 9.50. The van der Waals surface area contributed by atoms with Crippen molar-refractivity contribution in [1.82, 2.24) is 0 Å². The Balaban J connectivity index is 0.000000145. The second kappa shape index (κ2) is 7.75. The first-order chi connectivity index (χ1) is 3.91. The van der Waals surface area contributed by atoms with Crippen molar-refractivity contribution in [3.8, 4) is 0 Å². The minimum atomic E-state index is -0.586. The van der Waals surface area contributed by atoms with E-state index in [9.17, 15) is 0 Å². The molecule has 1 rings (SSSR count). The molecule has 0 atom stereocenters. The van der Waals surface area contributed by atoms with E-state index in [2.05, 4.69) is 24.3 Å². The van der Waals surface area contributed by atoms with Crippen molar-refractivity contribution in [1.29, 1.82) is 0 Å². The van der Waals surface area contributed by atoms with Crippen molar-refractivity contribution in [3.05, 3.63) is 24.3 Å². The van der Waals surface area contributed by atoms with E-state index in [4.69, 9.17) is 18.8 Å². The predicted octanol–water partition coefficient (Wildman–Crippen LogP) is 2.88. The van der Waals surface area contributed by atoms with Crippen molar-refractivity contribution < 1.29 is 16.5 Å². The minimum absolute atomic E-state index is 0.586. The van der Waals surface area contributed by atoms with Crippen molar-refractivity contribution in [2.24, 2.45) is 0 Å². The van der Waals surface area contributed by atoms with Gasteiger partial charge in [-0.05, 0) is 6.42 Å². The fourth-order valence-electron chi connectivity index (χ4n) is 0.393. The fraction of sp³-hybridized carbons (Fsp3) is 0.200.